The van der Waals surface area contributed by atoms with Crippen LogP contribution < -0.4 is 10.5 Å². The number of carbonyl (C=O) groups excluding carboxylic acids is 1. The molecule has 16 heavy (non-hydrogen) atoms. The van der Waals surface area contributed by atoms with Crippen LogP contribution in [0.3, 0.4) is 0 Å². The molecule has 0 fully saturated rings. The minimum absolute atomic E-state index is 0.139. The molecule has 0 bridgehead atoms. The minimum Gasteiger partial charge on any atom is -0.489 e. The fraction of sp³-hybridized carbons (Fsp3) is 0.250. The van der Waals surface area contributed by atoms with Crippen LogP contribution in [0.15, 0.2) is 36.2 Å². The van der Waals surface area contributed by atoms with Crippen molar-refractivity contribution in [3.8, 4) is 5.75 Å². The van der Waals surface area contributed by atoms with E-state index in [0.717, 1.165) is 11.8 Å². The maximum Gasteiger partial charge on any atom is 0.124 e. The van der Waals surface area contributed by atoms with Crippen LogP contribution in [-0.4, -0.2) is 19.4 Å². The van der Waals surface area contributed by atoms with Crippen LogP contribution in [0.2, 0.25) is 0 Å². The first kappa shape index (κ1) is 12.4. The Morgan fingerprint density at radius 3 is 2.56 bits per heavy atom. The number of halogens is 1. The van der Waals surface area contributed by atoms with Crippen molar-refractivity contribution in [2.75, 3.05) is 13.2 Å². The molecule has 0 spiro atoms. The number of nitrogens with two attached hydrogens (primary N) is 1. The molecule has 0 heterocycles. The Morgan fingerprint density at radius 1 is 1.38 bits per heavy atom. The van der Waals surface area contributed by atoms with Gasteiger partial charge in [0.1, 0.15) is 18.6 Å². The molecule has 1 rings (SSSR count). The Balaban J connectivity index is 2.52. The maximum absolute atomic E-state index is 12.2. The average Bonchev–Trinajstić information content (AvgIpc) is 2.33. The zero-order valence-electron chi connectivity index (χ0n) is 8.86. The summed E-state index contributed by atoms with van der Waals surface area (Å²) in [5.41, 5.74) is 6.60. The summed E-state index contributed by atoms with van der Waals surface area (Å²) in [5, 5.41) is 0. The normalized spacial score (nSPS) is 11.2. The first-order valence-electron chi connectivity index (χ1n) is 4.93. The van der Waals surface area contributed by atoms with Gasteiger partial charge < -0.3 is 15.3 Å². The van der Waals surface area contributed by atoms with E-state index in [1.54, 1.807) is 24.3 Å². The van der Waals surface area contributed by atoms with Gasteiger partial charge in [-0.05, 0) is 17.7 Å². The Hall–Kier alpha value is -1.68. The predicted molar refractivity (Wildman–Crippen MR) is 60.0 cm³/mol. The molecule has 0 saturated heterocycles. The van der Waals surface area contributed by atoms with E-state index in [0.29, 0.717) is 24.1 Å². The Labute approximate surface area is 93.7 Å². The lowest BCUT2D eigenvalue weighted by atomic mass is 10.2. The molecular weight excluding hydrogens is 209 g/mol. The molecule has 0 aliphatic rings. The van der Waals surface area contributed by atoms with Gasteiger partial charge in [0.25, 0.3) is 0 Å². The molecule has 0 aromatic heterocycles. The van der Waals surface area contributed by atoms with Crippen molar-refractivity contribution < 1.29 is 13.9 Å². The van der Waals surface area contributed by atoms with E-state index in [9.17, 15) is 9.18 Å². The molecule has 0 radical (unpaired) electrons. The third-order valence-corrected chi connectivity index (χ3v) is 2.08. The van der Waals surface area contributed by atoms with Crippen molar-refractivity contribution in [3.63, 3.8) is 0 Å². The van der Waals surface area contributed by atoms with Crippen LogP contribution in [0.25, 0.3) is 0 Å². The number of hydrogen-bond acceptors (Lipinski definition) is 3. The summed E-state index contributed by atoms with van der Waals surface area (Å²) in [4.78, 5) is 10.3. The molecule has 86 valence electrons. The number of rotatable bonds is 6. The van der Waals surface area contributed by atoms with Crippen LogP contribution in [0.4, 0.5) is 4.39 Å². The number of carbonyl (C=O) groups is 1. The van der Waals surface area contributed by atoms with Gasteiger partial charge in [-0.2, -0.15) is 0 Å². The molecule has 0 atom stereocenters. The van der Waals surface area contributed by atoms with Crippen molar-refractivity contribution in [1.29, 1.82) is 0 Å². The summed E-state index contributed by atoms with van der Waals surface area (Å²) in [6.45, 7) is 0.278. The maximum atomic E-state index is 12.2. The highest BCUT2D eigenvalue weighted by Crippen LogP contribution is 2.13. The standard InChI is InChI=1S/C12H14FNO2/c13-7-11(8-14)9-16-12-3-1-10(2-4-12)5-6-15/h1-4,6-7H,5,8-9,14H2/b11-7-. The van der Waals surface area contributed by atoms with Crippen molar-refractivity contribution in [3.05, 3.63) is 41.7 Å². The minimum atomic E-state index is 0.139. The molecule has 0 saturated carbocycles. The lowest BCUT2D eigenvalue weighted by Gasteiger charge is -2.07. The second kappa shape index (κ2) is 6.74. The van der Waals surface area contributed by atoms with E-state index in [1.807, 2.05) is 0 Å². The third-order valence-electron chi connectivity index (χ3n) is 2.08. The van der Waals surface area contributed by atoms with Gasteiger partial charge in [0, 0.05) is 18.5 Å². The largest absolute Gasteiger partial charge is 0.489 e. The van der Waals surface area contributed by atoms with Gasteiger partial charge in [0.15, 0.2) is 0 Å². The molecule has 0 amide bonds. The molecule has 0 aliphatic heterocycles. The monoisotopic (exact) mass is 223 g/mol. The van der Waals surface area contributed by atoms with Gasteiger partial charge >= 0.3 is 0 Å². The van der Waals surface area contributed by atoms with Crippen molar-refractivity contribution in [2.45, 2.75) is 6.42 Å². The van der Waals surface area contributed by atoms with E-state index >= 15 is 0 Å². The SMILES string of the molecule is NC/C(=C/F)COc1ccc(CC=O)cc1. The molecular formula is C12H14FNO2. The second-order valence-electron chi connectivity index (χ2n) is 3.27. The topological polar surface area (TPSA) is 52.3 Å². The van der Waals surface area contributed by atoms with Crippen LogP contribution in [0.1, 0.15) is 5.56 Å². The Morgan fingerprint density at radius 2 is 2.06 bits per heavy atom. The van der Waals surface area contributed by atoms with Gasteiger partial charge in [-0.15, -0.1) is 0 Å². The molecule has 0 unspecified atom stereocenters. The fourth-order valence-corrected chi connectivity index (χ4v) is 1.13. The quantitative estimate of drug-likeness (QED) is 0.745. The molecule has 2 N–H and O–H groups in total. The van der Waals surface area contributed by atoms with Gasteiger partial charge in [0.2, 0.25) is 0 Å². The molecule has 1 aromatic carbocycles. The lowest BCUT2D eigenvalue weighted by Crippen LogP contribution is -2.10. The van der Waals surface area contributed by atoms with E-state index < -0.39 is 0 Å². The first-order valence-corrected chi connectivity index (χ1v) is 4.93. The predicted octanol–water partition coefficient (Wildman–Crippen LogP) is 1.62. The van der Waals surface area contributed by atoms with E-state index in [-0.39, 0.29) is 13.2 Å². The summed E-state index contributed by atoms with van der Waals surface area (Å²) in [6, 6.07) is 7.08. The summed E-state index contributed by atoms with van der Waals surface area (Å²) in [6.07, 6.45) is 1.69. The van der Waals surface area contributed by atoms with Gasteiger partial charge in [-0.25, -0.2) is 4.39 Å². The van der Waals surface area contributed by atoms with Gasteiger partial charge in [-0.3, -0.25) is 0 Å². The highest BCUT2D eigenvalue weighted by atomic mass is 19.1. The summed E-state index contributed by atoms with van der Waals surface area (Å²) in [5.74, 6) is 0.627. The van der Waals surface area contributed by atoms with E-state index in [4.69, 9.17) is 10.5 Å². The smallest absolute Gasteiger partial charge is 0.124 e. The van der Waals surface area contributed by atoms with Gasteiger partial charge in [-0.1, -0.05) is 12.1 Å². The zero-order chi connectivity index (χ0) is 11.8. The van der Waals surface area contributed by atoms with Crippen molar-refractivity contribution in [2.24, 2.45) is 5.73 Å². The average molecular weight is 223 g/mol. The second-order valence-corrected chi connectivity index (χ2v) is 3.27. The van der Waals surface area contributed by atoms with Crippen molar-refractivity contribution >= 4 is 6.29 Å². The number of hydrogen-bond donors (Lipinski definition) is 1. The molecule has 3 nitrogen and oxygen atoms in total. The highest BCUT2D eigenvalue weighted by Gasteiger charge is 1.98. The third kappa shape index (κ3) is 3.82. The fourth-order valence-electron chi connectivity index (χ4n) is 1.13. The van der Waals surface area contributed by atoms with Crippen molar-refractivity contribution in [1.82, 2.24) is 0 Å². The Bertz CT molecular complexity index is 360. The summed E-state index contributed by atoms with van der Waals surface area (Å²) >= 11 is 0. The highest BCUT2D eigenvalue weighted by molar-refractivity contribution is 5.55. The van der Waals surface area contributed by atoms with Gasteiger partial charge in [0.05, 0.1) is 6.33 Å². The summed E-state index contributed by atoms with van der Waals surface area (Å²) in [7, 11) is 0. The van der Waals surface area contributed by atoms with E-state index in [1.165, 1.54) is 0 Å². The Kier molecular flexibility index (Phi) is 5.22. The number of ether oxygens (including phenoxy) is 1. The summed E-state index contributed by atoms with van der Waals surface area (Å²) < 4.78 is 17.5. The first-order chi connectivity index (χ1) is 7.80. The molecule has 1 aromatic rings. The van der Waals surface area contributed by atoms with Crippen LogP contribution in [0, 0.1) is 0 Å². The van der Waals surface area contributed by atoms with Crippen LogP contribution in [0.5, 0.6) is 5.75 Å². The van der Waals surface area contributed by atoms with Crippen LogP contribution in [-0.2, 0) is 11.2 Å². The van der Waals surface area contributed by atoms with E-state index in [2.05, 4.69) is 0 Å². The lowest BCUT2D eigenvalue weighted by molar-refractivity contribution is -0.107. The van der Waals surface area contributed by atoms with Crippen LogP contribution >= 0.6 is 0 Å². The molecule has 0 aliphatic carbocycles. The zero-order valence-corrected chi connectivity index (χ0v) is 8.86. The number of benzene rings is 1. The number of aldehydes is 1. The molecule has 4 heteroatoms.